The van der Waals surface area contributed by atoms with Gasteiger partial charge < -0.3 is 14.6 Å². The van der Waals surface area contributed by atoms with Gasteiger partial charge in [-0.2, -0.15) is 0 Å². The number of hydrogen-bond donors (Lipinski definition) is 1. The normalized spacial score (nSPS) is 26.9. The molecular formula is C35H46O3. The molecule has 0 amide bonds. The smallest absolute Gasteiger partial charge is 0.120 e. The molecular weight excluding hydrogens is 468 g/mol. The van der Waals surface area contributed by atoms with Gasteiger partial charge in [-0.1, -0.05) is 87.5 Å². The first-order valence-electron chi connectivity index (χ1n) is 14.6. The number of fused-ring (bicyclic) bond motifs is 5. The Hall–Kier alpha value is -2.62. The largest absolute Gasteiger partial charge is 0.489 e. The van der Waals surface area contributed by atoms with E-state index in [0.717, 1.165) is 31.3 Å². The van der Waals surface area contributed by atoms with E-state index in [2.05, 4.69) is 85.8 Å². The number of ether oxygens (including phenoxy) is 2. The summed E-state index contributed by atoms with van der Waals surface area (Å²) in [7, 11) is 1.00. The third-order valence-electron chi connectivity index (χ3n) is 9.15. The van der Waals surface area contributed by atoms with Crippen molar-refractivity contribution in [3.05, 3.63) is 101 Å². The number of rotatable bonds is 6. The number of aliphatic hydroxyl groups is 1. The highest BCUT2D eigenvalue weighted by atomic mass is 16.5. The van der Waals surface area contributed by atoms with Gasteiger partial charge in [-0.15, -0.1) is 0 Å². The quantitative estimate of drug-likeness (QED) is 0.359. The molecule has 2 fully saturated rings. The van der Waals surface area contributed by atoms with Crippen LogP contribution in [-0.2, 0) is 24.4 Å². The Morgan fingerprint density at radius 1 is 0.789 bits per heavy atom. The van der Waals surface area contributed by atoms with Crippen LogP contribution in [-0.4, -0.2) is 18.3 Å². The topological polar surface area (TPSA) is 38.7 Å². The van der Waals surface area contributed by atoms with Crippen LogP contribution < -0.4 is 4.74 Å². The molecule has 1 N–H and O–H groups in total. The van der Waals surface area contributed by atoms with Crippen LogP contribution >= 0.6 is 0 Å². The summed E-state index contributed by atoms with van der Waals surface area (Å²) in [4.78, 5) is 0. The zero-order valence-corrected chi connectivity index (χ0v) is 23.7. The van der Waals surface area contributed by atoms with Crippen molar-refractivity contribution in [1.29, 1.82) is 0 Å². The Bertz CT molecular complexity index is 1110. The van der Waals surface area contributed by atoms with Crippen molar-refractivity contribution in [2.24, 2.45) is 17.3 Å². The second-order valence-corrected chi connectivity index (χ2v) is 11.0. The lowest BCUT2D eigenvalue weighted by molar-refractivity contribution is -0.0707. The van der Waals surface area contributed by atoms with Crippen molar-refractivity contribution in [2.75, 3.05) is 7.11 Å². The lowest BCUT2D eigenvalue weighted by Crippen LogP contribution is -2.44. The van der Waals surface area contributed by atoms with Crippen LogP contribution in [0.15, 0.2) is 78.9 Å². The van der Waals surface area contributed by atoms with Crippen LogP contribution in [0.4, 0.5) is 0 Å². The van der Waals surface area contributed by atoms with Gasteiger partial charge in [0.15, 0.2) is 0 Å². The maximum absolute atomic E-state index is 7.00. The summed E-state index contributed by atoms with van der Waals surface area (Å²) in [6, 6.07) is 28.0. The summed E-state index contributed by atoms with van der Waals surface area (Å²) in [6.45, 7) is 7.92. The van der Waals surface area contributed by atoms with Gasteiger partial charge in [0.1, 0.15) is 12.4 Å². The SMILES string of the molecule is CC.CO.C[C@]12CCC3c4ccc(OCc5ccccc5)cc4CCC3C1CC[C@@H]2OCc1ccccc1. The van der Waals surface area contributed by atoms with Gasteiger partial charge in [0.05, 0.1) is 12.7 Å². The second kappa shape index (κ2) is 13.4. The Kier molecular flexibility index (Phi) is 10.0. The highest BCUT2D eigenvalue weighted by Gasteiger charge is 2.55. The average molecular weight is 515 g/mol. The molecule has 0 bridgehead atoms. The van der Waals surface area contributed by atoms with Gasteiger partial charge in [0.25, 0.3) is 0 Å². The highest BCUT2D eigenvalue weighted by Crippen LogP contribution is 2.61. The molecule has 0 spiro atoms. The van der Waals surface area contributed by atoms with Gasteiger partial charge in [-0.3, -0.25) is 0 Å². The van der Waals surface area contributed by atoms with Crippen LogP contribution in [0.3, 0.4) is 0 Å². The molecule has 0 radical (unpaired) electrons. The number of benzene rings is 3. The van der Waals surface area contributed by atoms with Crippen molar-refractivity contribution in [1.82, 2.24) is 0 Å². The molecule has 3 unspecified atom stereocenters. The van der Waals surface area contributed by atoms with Crippen LogP contribution in [0, 0.1) is 17.3 Å². The fourth-order valence-electron chi connectivity index (χ4n) is 7.39. The van der Waals surface area contributed by atoms with Gasteiger partial charge in [0.2, 0.25) is 0 Å². The molecule has 0 aromatic heterocycles. The molecule has 3 aliphatic rings. The predicted octanol–water partition coefficient (Wildman–Crippen LogP) is 8.34. The van der Waals surface area contributed by atoms with E-state index in [-0.39, 0.29) is 0 Å². The predicted molar refractivity (Wildman–Crippen MR) is 156 cm³/mol. The third-order valence-corrected chi connectivity index (χ3v) is 9.15. The van der Waals surface area contributed by atoms with E-state index in [1.165, 1.54) is 55.2 Å². The Balaban J connectivity index is 0.000000804. The summed E-state index contributed by atoms with van der Waals surface area (Å²) in [5.74, 6) is 3.30. The zero-order chi connectivity index (χ0) is 27.0. The summed E-state index contributed by atoms with van der Waals surface area (Å²) >= 11 is 0. The lowest BCUT2D eigenvalue weighted by atomic mass is 9.55. The molecule has 0 saturated heterocycles. The molecule has 2 saturated carbocycles. The molecule has 3 heteroatoms. The molecule has 204 valence electrons. The van der Waals surface area contributed by atoms with Gasteiger partial charge in [-0.05, 0) is 96.1 Å². The first-order chi connectivity index (χ1) is 18.7. The second-order valence-electron chi connectivity index (χ2n) is 11.0. The number of hydrogen-bond acceptors (Lipinski definition) is 3. The molecule has 0 aliphatic heterocycles. The molecule has 0 heterocycles. The summed E-state index contributed by atoms with van der Waals surface area (Å²) < 4.78 is 12.7. The van der Waals surface area contributed by atoms with E-state index < -0.39 is 0 Å². The minimum atomic E-state index is 0.326. The monoisotopic (exact) mass is 514 g/mol. The Morgan fingerprint density at radius 3 is 2.13 bits per heavy atom. The molecule has 3 nitrogen and oxygen atoms in total. The van der Waals surface area contributed by atoms with Crippen LogP contribution in [0.2, 0.25) is 0 Å². The van der Waals surface area contributed by atoms with Crippen LogP contribution in [0.5, 0.6) is 5.75 Å². The summed E-state index contributed by atoms with van der Waals surface area (Å²) in [5, 5.41) is 7.00. The summed E-state index contributed by atoms with van der Waals surface area (Å²) in [6.07, 6.45) is 8.01. The van der Waals surface area contributed by atoms with Crippen molar-refractivity contribution in [3.63, 3.8) is 0 Å². The molecule has 3 aromatic rings. The van der Waals surface area contributed by atoms with E-state index in [1.807, 2.05) is 13.8 Å². The molecule has 38 heavy (non-hydrogen) atoms. The maximum Gasteiger partial charge on any atom is 0.120 e. The van der Waals surface area contributed by atoms with E-state index in [4.69, 9.17) is 14.6 Å². The minimum absolute atomic E-state index is 0.326. The van der Waals surface area contributed by atoms with Gasteiger partial charge in [-0.25, -0.2) is 0 Å². The fraction of sp³-hybridized carbons (Fsp3) is 0.486. The van der Waals surface area contributed by atoms with E-state index in [0.29, 0.717) is 24.0 Å². The molecule has 6 rings (SSSR count). The molecule has 3 aliphatic carbocycles. The molecule has 3 aromatic carbocycles. The van der Waals surface area contributed by atoms with Gasteiger partial charge >= 0.3 is 0 Å². The Labute approximate surface area is 230 Å². The minimum Gasteiger partial charge on any atom is -0.489 e. The first kappa shape index (κ1) is 28.4. The van der Waals surface area contributed by atoms with E-state index in [1.54, 1.807) is 5.56 Å². The number of aryl methyl sites for hydroxylation is 1. The fourth-order valence-corrected chi connectivity index (χ4v) is 7.39. The zero-order valence-electron chi connectivity index (χ0n) is 23.7. The standard InChI is InChI=1S/C32H36O2.C2H6.CH4O/c1-32-19-18-28-27-15-13-26(33-21-23-8-4-2-5-9-23)20-25(27)12-14-29(28)30(32)16-17-31(32)34-22-24-10-6-3-7-11-24;2*1-2/h2-11,13,15,20,28-31H,12,14,16-19,21-22H2,1H3;1-2H3;2H,1H3/t28?,29?,30?,31-,32-;;/m0../s1. The highest BCUT2D eigenvalue weighted by molar-refractivity contribution is 5.41. The number of aliphatic hydroxyl groups excluding tert-OH is 1. The van der Waals surface area contributed by atoms with Crippen molar-refractivity contribution in [3.8, 4) is 5.75 Å². The molecule has 5 atom stereocenters. The van der Waals surface area contributed by atoms with Crippen molar-refractivity contribution in [2.45, 2.75) is 84.5 Å². The Morgan fingerprint density at radius 2 is 1.45 bits per heavy atom. The first-order valence-corrected chi connectivity index (χ1v) is 14.6. The van der Waals surface area contributed by atoms with Crippen LogP contribution in [0.1, 0.15) is 81.0 Å². The van der Waals surface area contributed by atoms with Crippen LogP contribution in [0.25, 0.3) is 0 Å². The van der Waals surface area contributed by atoms with Gasteiger partial charge in [0, 0.05) is 7.11 Å². The third kappa shape index (κ3) is 6.00. The lowest BCUT2D eigenvalue weighted by Gasteiger charge is -2.50. The van der Waals surface area contributed by atoms with E-state index >= 15 is 0 Å². The van der Waals surface area contributed by atoms with E-state index in [9.17, 15) is 0 Å². The van der Waals surface area contributed by atoms with Crippen molar-refractivity contribution < 1.29 is 14.6 Å². The summed E-state index contributed by atoms with van der Waals surface area (Å²) in [5.41, 5.74) is 5.95. The van der Waals surface area contributed by atoms with Crippen molar-refractivity contribution >= 4 is 0 Å². The average Bonchev–Trinajstić information content (AvgIpc) is 3.34. The maximum atomic E-state index is 7.00.